The van der Waals surface area contributed by atoms with Crippen LogP contribution < -0.4 is 15.5 Å². The molecule has 0 heterocycles. The molecule has 6 heteroatoms. The van der Waals surface area contributed by atoms with Crippen molar-refractivity contribution in [2.75, 3.05) is 23.3 Å². The van der Waals surface area contributed by atoms with Gasteiger partial charge in [0.2, 0.25) is 17.7 Å². The fourth-order valence-corrected chi connectivity index (χ4v) is 2.04. The molecule has 0 spiro atoms. The van der Waals surface area contributed by atoms with E-state index in [-0.39, 0.29) is 24.1 Å². The lowest BCUT2D eigenvalue weighted by atomic mass is 10.2. The third-order valence-electron chi connectivity index (χ3n) is 3.13. The standard InChI is InChI=1S/C17H25N3O3/c1-12(2)11-18-17(23)8-9-20(14(4)22)16-7-5-6-15(10-16)19-13(3)21/h5-7,10,12H,8-9,11H2,1-4H3,(H,18,23)(H,19,21). The average Bonchev–Trinajstić information content (AvgIpc) is 2.44. The number of nitrogens with one attached hydrogen (secondary N) is 2. The highest BCUT2D eigenvalue weighted by atomic mass is 16.2. The van der Waals surface area contributed by atoms with E-state index in [1.165, 1.54) is 18.7 Å². The molecule has 0 atom stereocenters. The Balaban J connectivity index is 2.73. The zero-order valence-corrected chi connectivity index (χ0v) is 14.2. The van der Waals surface area contributed by atoms with Crippen molar-refractivity contribution in [1.29, 1.82) is 0 Å². The monoisotopic (exact) mass is 319 g/mol. The van der Waals surface area contributed by atoms with Crippen LogP contribution in [0.3, 0.4) is 0 Å². The Labute approximate surface area is 137 Å². The number of hydrogen-bond acceptors (Lipinski definition) is 3. The summed E-state index contributed by atoms with van der Waals surface area (Å²) in [5.74, 6) is -0.0219. The highest BCUT2D eigenvalue weighted by Gasteiger charge is 2.14. The summed E-state index contributed by atoms with van der Waals surface area (Å²) in [4.78, 5) is 36.3. The number of amides is 3. The highest BCUT2D eigenvalue weighted by molar-refractivity contribution is 5.94. The molecule has 1 rings (SSSR count). The predicted octanol–water partition coefficient (Wildman–Crippen LogP) is 2.16. The zero-order valence-electron chi connectivity index (χ0n) is 14.2. The molecule has 0 fully saturated rings. The van der Waals surface area contributed by atoms with E-state index >= 15 is 0 Å². The van der Waals surface area contributed by atoms with Crippen LogP contribution in [-0.2, 0) is 14.4 Å². The fourth-order valence-electron chi connectivity index (χ4n) is 2.04. The van der Waals surface area contributed by atoms with Crippen molar-refractivity contribution in [2.45, 2.75) is 34.1 Å². The number of rotatable bonds is 7. The molecule has 2 N–H and O–H groups in total. The van der Waals surface area contributed by atoms with Crippen LogP contribution >= 0.6 is 0 Å². The second-order valence-corrected chi connectivity index (χ2v) is 5.85. The van der Waals surface area contributed by atoms with Gasteiger partial charge in [0.1, 0.15) is 0 Å². The molecule has 6 nitrogen and oxygen atoms in total. The molecule has 23 heavy (non-hydrogen) atoms. The molecule has 0 aliphatic rings. The van der Waals surface area contributed by atoms with E-state index in [0.717, 1.165) is 0 Å². The van der Waals surface area contributed by atoms with Crippen LogP contribution in [0.15, 0.2) is 24.3 Å². The van der Waals surface area contributed by atoms with Crippen molar-refractivity contribution in [3.8, 4) is 0 Å². The largest absolute Gasteiger partial charge is 0.356 e. The minimum Gasteiger partial charge on any atom is -0.356 e. The van der Waals surface area contributed by atoms with Gasteiger partial charge in [0.25, 0.3) is 0 Å². The van der Waals surface area contributed by atoms with Gasteiger partial charge < -0.3 is 15.5 Å². The Hall–Kier alpha value is -2.37. The van der Waals surface area contributed by atoms with Crippen LogP contribution in [-0.4, -0.2) is 30.8 Å². The number of carbonyl (C=O) groups is 3. The summed E-state index contributed by atoms with van der Waals surface area (Å²) >= 11 is 0. The second kappa shape index (κ2) is 8.92. The maximum Gasteiger partial charge on any atom is 0.223 e. The molecule has 3 amide bonds. The van der Waals surface area contributed by atoms with E-state index in [0.29, 0.717) is 30.4 Å². The molecule has 1 aromatic carbocycles. The summed E-state index contributed by atoms with van der Waals surface area (Å²) in [6, 6.07) is 7.00. The third kappa shape index (κ3) is 6.95. The molecule has 0 radical (unpaired) electrons. The van der Waals surface area contributed by atoms with E-state index in [1.807, 2.05) is 13.8 Å². The van der Waals surface area contributed by atoms with Gasteiger partial charge in [0.15, 0.2) is 0 Å². The maximum atomic E-state index is 11.9. The van der Waals surface area contributed by atoms with Crippen LogP contribution in [0.5, 0.6) is 0 Å². The maximum absolute atomic E-state index is 11.9. The first kappa shape index (κ1) is 18.7. The number of anilines is 2. The Kier molecular flexibility index (Phi) is 7.25. The zero-order chi connectivity index (χ0) is 17.4. The molecule has 0 saturated heterocycles. The van der Waals surface area contributed by atoms with Gasteiger partial charge >= 0.3 is 0 Å². The topological polar surface area (TPSA) is 78.5 Å². The van der Waals surface area contributed by atoms with Crippen molar-refractivity contribution in [3.63, 3.8) is 0 Å². The van der Waals surface area contributed by atoms with Gasteiger partial charge in [-0.25, -0.2) is 0 Å². The van der Waals surface area contributed by atoms with Gasteiger partial charge in [-0.05, 0) is 24.1 Å². The first-order valence-corrected chi connectivity index (χ1v) is 7.72. The van der Waals surface area contributed by atoms with Crippen molar-refractivity contribution in [2.24, 2.45) is 5.92 Å². The van der Waals surface area contributed by atoms with Gasteiger partial charge in [-0.3, -0.25) is 14.4 Å². The van der Waals surface area contributed by atoms with E-state index in [4.69, 9.17) is 0 Å². The Morgan fingerprint density at radius 3 is 2.43 bits per heavy atom. The lowest BCUT2D eigenvalue weighted by molar-refractivity contribution is -0.121. The lowest BCUT2D eigenvalue weighted by Crippen LogP contribution is -2.34. The van der Waals surface area contributed by atoms with E-state index < -0.39 is 0 Å². The van der Waals surface area contributed by atoms with Crippen LogP contribution in [0.25, 0.3) is 0 Å². The molecule has 0 saturated carbocycles. The number of carbonyl (C=O) groups excluding carboxylic acids is 3. The first-order chi connectivity index (χ1) is 10.8. The molecule has 0 aliphatic heterocycles. The second-order valence-electron chi connectivity index (χ2n) is 5.85. The van der Waals surface area contributed by atoms with Gasteiger partial charge in [0, 0.05) is 44.7 Å². The van der Waals surface area contributed by atoms with Gasteiger partial charge in [-0.1, -0.05) is 19.9 Å². The fraction of sp³-hybridized carbons (Fsp3) is 0.471. The minimum absolute atomic E-state index is 0.0806. The Morgan fingerprint density at radius 1 is 1.17 bits per heavy atom. The van der Waals surface area contributed by atoms with E-state index in [9.17, 15) is 14.4 Å². The first-order valence-electron chi connectivity index (χ1n) is 7.72. The predicted molar refractivity (Wildman–Crippen MR) is 91.2 cm³/mol. The molecule has 126 valence electrons. The molecule has 0 unspecified atom stereocenters. The van der Waals surface area contributed by atoms with Crippen molar-refractivity contribution >= 4 is 29.1 Å². The van der Waals surface area contributed by atoms with Crippen LogP contribution in [0.4, 0.5) is 11.4 Å². The molecular formula is C17H25N3O3. The molecule has 0 aromatic heterocycles. The van der Waals surface area contributed by atoms with Crippen LogP contribution in [0, 0.1) is 5.92 Å². The number of hydrogen-bond donors (Lipinski definition) is 2. The van der Waals surface area contributed by atoms with Gasteiger partial charge in [-0.15, -0.1) is 0 Å². The normalized spacial score (nSPS) is 10.3. The number of benzene rings is 1. The summed E-state index contributed by atoms with van der Waals surface area (Å²) in [6.45, 7) is 7.84. The Morgan fingerprint density at radius 2 is 1.87 bits per heavy atom. The summed E-state index contributed by atoms with van der Waals surface area (Å²) in [5, 5.41) is 5.51. The minimum atomic E-state index is -0.176. The molecule has 1 aromatic rings. The summed E-state index contributed by atoms with van der Waals surface area (Å²) < 4.78 is 0. The van der Waals surface area contributed by atoms with Crippen molar-refractivity contribution in [3.05, 3.63) is 24.3 Å². The molecular weight excluding hydrogens is 294 g/mol. The smallest absolute Gasteiger partial charge is 0.223 e. The van der Waals surface area contributed by atoms with Gasteiger partial charge in [0.05, 0.1) is 0 Å². The van der Waals surface area contributed by atoms with E-state index in [1.54, 1.807) is 24.3 Å². The van der Waals surface area contributed by atoms with Crippen LogP contribution in [0.1, 0.15) is 34.1 Å². The molecule has 0 aliphatic carbocycles. The van der Waals surface area contributed by atoms with Crippen molar-refractivity contribution < 1.29 is 14.4 Å². The summed E-state index contributed by atoms with van der Waals surface area (Å²) in [6.07, 6.45) is 0.233. The summed E-state index contributed by atoms with van der Waals surface area (Å²) in [7, 11) is 0. The average molecular weight is 319 g/mol. The highest BCUT2D eigenvalue weighted by Crippen LogP contribution is 2.20. The summed E-state index contributed by atoms with van der Waals surface area (Å²) in [5.41, 5.74) is 1.27. The third-order valence-corrected chi connectivity index (χ3v) is 3.13. The SMILES string of the molecule is CC(=O)Nc1cccc(N(CCC(=O)NCC(C)C)C(C)=O)c1. The quantitative estimate of drug-likeness (QED) is 0.808. The van der Waals surface area contributed by atoms with Crippen LogP contribution in [0.2, 0.25) is 0 Å². The number of nitrogens with zero attached hydrogens (tertiary/aromatic N) is 1. The van der Waals surface area contributed by atoms with Gasteiger partial charge in [-0.2, -0.15) is 0 Å². The Bertz CT molecular complexity index is 570. The lowest BCUT2D eigenvalue weighted by Gasteiger charge is -2.22. The van der Waals surface area contributed by atoms with Crippen molar-refractivity contribution in [1.82, 2.24) is 5.32 Å². The van der Waals surface area contributed by atoms with E-state index in [2.05, 4.69) is 10.6 Å². The molecule has 0 bridgehead atoms.